The average Bonchev–Trinajstić information content (AvgIpc) is 3.25. The van der Waals surface area contributed by atoms with Crippen molar-refractivity contribution >= 4 is 67.3 Å². The SMILES string of the molecule is CC(=O)SCC(=O)c1ccc(-c2sc(C)c3oc4ccccc4c(=O)c23)s1. The van der Waals surface area contributed by atoms with Gasteiger partial charge in [-0.25, -0.2) is 0 Å². The fourth-order valence-corrected chi connectivity index (χ4v) is 5.59. The van der Waals surface area contributed by atoms with Crippen LogP contribution in [0, 0.1) is 6.92 Å². The van der Waals surface area contributed by atoms with Crippen LogP contribution in [0.15, 0.2) is 45.6 Å². The van der Waals surface area contributed by atoms with Crippen molar-refractivity contribution in [1.82, 2.24) is 0 Å². The first-order valence-electron chi connectivity index (χ1n) is 8.17. The van der Waals surface area contributed by atoms with Crippen LogP contribution in [0.2, 0.25) is 0 Å². The lowest BCUT2D eigenvalue weighted by Gasteiger charge is -1.99. The Hall–Kier alpha value is -2.22. The molecule has 0 saturated carbocycles. The molecular formula is C20H14O4S3. The number of hydrogen-bond donors (Lipinski definition) is 0. The fraction of sp³-hybridized carbons (Fsp3) is 0.150. The molecule has 0 saturated heterocycles. The highest BCUT2D eigenvalue weighted by molar-refractivity contribution is 8.14. The molecule has 7 heteroatoms. The molecule has 0 bridgehead atoms. The highest BCUT2D eigenvalue weighted by Gasteiger charge is 2.20. The quantitative estimate of drug-likeness (QED) is 0.412. The lowest BCUT2D eigenvalue weighted by atomic mass is 10.1. The van der Waals surface area contributed by atoms with E-state index in [0.717, 1.165) is 26.4 Å². The molecule has 0 radical (unpaired) electrons. The van der Waals surface area contributed by atoms with Gasteiger partial charge in [0.25, 0.3) is 0 Å². The van der Waals surface area contributed by atoms with E-state index < -0.39 is 0 Å². The zero-order chi connectivity index (χ0) is 19.1. The molecule has 0 spiro atoms. The highest BCUT2D eigenvalue weighted by atomic mass is 32.2. The van der Waals surface area contributed by atoms with Gasteiger partial charge in [0.05, 0.1) is 26.3 Å². The Labute approximate surface area is 166 Å². The topological polar surface area (TPSA) is 64.3 Å². The van der Waals surface area contributed by atoms with E-state index >= 15 is 0 Å². The van der Waals surface area contributed by atoms with Crippen molar-refractivity contribution in [3.8, 4) is 9.75 Å². The minimum Gasteiger partial charge on any atom is -0.455 e. The lowest BCUT2D eigenvalue weighted by Crippen LogP contribution is -2.01. The zero-order valence-electron chi connectivity index (χ0n) is 14.5. The summed E-state index contributed by atoms with van der Waals surface area (Å²) in [6.45, 7) is 3.37. The molecule has 1 aromatic carbocycles. The summed E-state index contributed by atoms with van der Waals surface area (Å²) in [5.41, 5.74) is 1.12. The summed E-state index contributed by atoms with van der Waals surface area (Å²) < 4.78 is 5.99. The molecule has 0 unspecified atom stereocenters. The van der Waals surface area contributed by atoms with Gasteiger partial charge in [-0.1, -0.05) is 23.9 Å². The van der Waals surface area contributed by atoms with Crippen molar-refractivity contribution < 1.29 is 14.0 Å². The van der Waals surface area contributed by atoms with Crippen LogP contribution in [-0.4, -0.2) is 16.7 Å². The Kier molecular flexibility index (Phi) is 4.75. The van der Waals surface area contributed by atoms with E-state index in [1.54, 1.807) is 18.2 Å². The normalized spacial score (nSPS) is 11.3. The van der Waals surface area contributed by atoms with Crippen molar-refractivity contribution in [1.29, 1.82) is 0 Å². The molecule has 4 aromatic rings. The summed E-state index contributed by atoms with van der Waals surface area (Å²) in [7, 11) is 0. The second kappa shape index (κ2) is 7.07. The first-order chi connectivity index (χ1) is 13.0. The Bertz CT molecular complexity index is 1260. The van der Waals surface area contributed by atoms with Crippen LogP contribution < -0.4 is 5.43 Å². The van der Waals surface area contributed by atoms with Crippen LogP contribution in [0.4, 0.5) is 0 Å². The predicted molar refractivity (Wildman–Crippen MR) is 113 cm³/mol. The summed E-state index contributed by atoms with van der Waals surface area (Å²) in [5, 5.41) is 1.04. The summed E-state index contributed by atoms with van der Waals surface area (Å²) in [4.78, 5) is 39.6. The molecule has 4 nitrogen and oxygen atoms in total. The van der Waals surface area contributed by atoms with Gasteiger partial charge in [-0.3, -0.25) is 14.4 Å². The molecule has 0 atom stereocenters. The molecule has 3 aromatic heterocycles. The number of para-hydroxylation sites is 1. The molecular weight excluding hydrogens is 400 g/mol. The number of carbonyl (C=O) groups is 2. The number of benzene rings is 1. The number of aryl methyl sites for hydroxylation is 1. The zero-order valence-corrected chi connectivity index (χ0v) is 17.0. The number of Topliss-reactive ketones (excluding diaryl/α,β-unsaturated/α-hetero) is 1. The number of thioether (sulfide) groups is 1. The molecule has 3 heterocycles. The Balaban J connectivity index is 1.83. The van der Waals surface area contributed by atoms with Gasteiger partial charge in [0.2, 0.25) is 5.43 Å². The summed E-state index contributed by atoms with van der Waals surface area (Å²) in [5.74, 6) is 0.0493. The lowest BCUT2D eigenvalue weighted by molar-refractivity contribution is -0.109. The maximum atomic E-state index is 13.1. The minimum absolute atomic E-state index is 0.0559. The fourth-order valence-electron chi connectivity index (χ4n) is 2.87. The van der Waals surface area contributed by atoms with Crippen molar-refractivity contribution in [3.63, 3.8) is 0 Å². The molecule has 0 aliphatic carbocycles. The van der Waals surface area contributed by atoms with Crippen LogP contribution in [0.1, 0.15) is 21.5 Å². The third-order valence-electron chi connectivity index (χ3n) is 4.11. The first-order valence-corrected chi connectivity index (χ1v) is 10.8. The monoisotopic (exact) mass is 414 g/mol. The standard InChI is InChI=1S/C20H14O4S3/c1-10-19-17(18(23)12-5-3-4-6-14(12)24-19)20(26-10)16-8-7-15(27-16)13(22)9-25-11(2)21/h3-8H,9H2,1-2H3. The highest BCUT2D eigenvalue weighted by Crippen LogP contribution is 2.41. The maximum absolute atomic E-state index is 13.1. The largest absolute Gasteiger partial charge is 0.455 e. The van der Waals surface area contributed by atoms with E-state index in [2.05, 4.69) is 0 Å². The van der Waals surface area contributed by atoms with Gasteiger partial charge in [0, 0.05) is 16.7 Å². The molecule has 0 amide bonds. The average molecular weight is 415 g/mol. The van der Waals surface area contributed by atoms with E-state index in [-0.39, 0.29) is 22.1 Å². The predicted octanol–water partition coefficient (Wildman–Crippen LogP) is 5.51. The summed E-state index contributed by atoms with van der Waals surface area (Å²) in [6.07, 6.45) is 0. The Morgan fingerprint density at radius 1 is 1.11 bits per heavy atom. The number of ketones is 1. The van der Waals surface area contributed by atoms with E-state index in [0.29, 0.717) is 26.8 Å². The first kappa shape index (κ1) is 18.2. The van der Waals surface area contributed by atoms with E-state index in [1.807, 2.05) is 25.1 Å². The van der Waals surface area contributed by atoms with Crippen molar-refractivity contribution in [2.45, 2.75) is 13.8 Å². The number of thiophene rings is 2. The smallest absolute Gasteiger partial charge is 0.202 e. The van der Waals surface area contributed by atoms with Crippen LogP contribution in [0.25, 0.3) is 31.7 Å². The molecule has 136 valence electrons. The number of rotatable bonds is 4. The number of fused-ring (bicyclic) bond motifs is 2. The molecule has 27 heavy (non-hydrogen) atoms. The van der Waals surface area contributed by atoms with Crippen molar-refractivity contribution in [2.75, 3.05) is 5.75 Å². The third-order valence-corrected chi connectivity index (χ3v) is 7.32. The second-order valence-electron chi connectivity index (χ2n) is 5.99. The van der Waals surface area contributed by atoms with E-state index in [9.17, 15) is 14.4 Å². The molecule has 0 aliphatic rings. The molecule has 4 rings (SSSR count). The molecule has 0 aliphatic heterocycles. The number of carbonyl (C=O) groups excluding carboxylic acids is 2. The van der Waals surface area contributed by atoms with Gasteiger partial charge < -0.3 is 4.42 Å². The van der Waals surface area contributed by atoms with Gasteiger partial charge >= 0.3 is 0 Å². The summed E-state index contributed by atoms with van der Waals surface area (Å²) >= 11 is 3.84. The van der Waals surface area contributed by atoms with E-state index in [1.165, 1.54) is 29.6 Å². The summed E-state index contributed by atoms with van der Waals surface area (Å²) in [6, 6.07) is 10.8. The minimum atomic E-state index is -0.0819. The van der Waals surface area contributed by atoms with Crippen LogP contribution in [0.3, 0.4) is 0 Å². The maximum Gasteiger partial charge on any atom is 0.202 e. The van der Waals surface area contributed by atoms with Crippen molar-refractivity contribution in [2.24, 2.45) is 0 Å². The van der Waals surface area contributed by atoms with Crippen LogP contribution in [0.5, 0.6) is 0 Å². The van der Waals surface area contributed by atoms with Crippen molar-refractivity contribution in [3.05, 3.63) is 56.4 Å². The van der Waals surface area contributed by atoms with Gasteiger partial charge in [0.1, 0.15) is 5.58 Å². The third kappa shape index (κ3) is 3.26. The van der Waals surface area contributed by atoms with E-state index in [4.69, 9.17) is 4.42 Å². The van der Waals surface area contributed by atoms with Gasteiger partial charge in [-0.2, -0.15) is 0 Å². The Morgan fingerprint density at radius 3 is 2.67 bits per heavy atom. The molecule has 0 fully saturated rings. The van der Waals surface area contributed by atoms with Gasteiger partial charge in [-0.15, -0.1) is 22.7 Å². The van der Waals surface area contributed by atoms with Gasteiger partial charge in [0.15, 0.2) is 16.5 Å². The molecule has 0 N–H and O–H groups in total. The van der Waals surface area contributed by atoms with Gasteiger partial charge in [-0.05, 0) is 31.2 Å². The Morgan fingerprint density at radius 2 is 1.89 bits per heavy atom. The second-order valence-corrected chi connectivity index (χ2v) is 9.45. The van der Waals surface area contributed by atoms with Crippen LogP contribution in [-0.2, 0) is 4.79 Å². The van der Waals surface area contributed by atoms with Crippen LogP contribution >= 0.6 is 34.4 Å². The number of hydrogen-bond acceptors (Lipinski definition) is 7.